The molecule has 0 spiro atoms. The summed E-state index contributed by atoms with van der Waals surface area (Å²) in [5.74, 6) is 0.754. The molecule has 2 aliphatic rings. The van der Waals surface area contributed by atoms with Gasteiger partial charge in [0.2, 0.25) is 0 Å². The predicted octanol–water partition coefficient (Wildman–Crippen LogP) is 0.671. The van der Waals surface area contributed by atoms with Crippen molar-refractivity contribution in [2.75, 3.05) is 19.6 Å². The molecule has 2 atom stereocenters. The molecular formula is C11H16N4OS. The van der Waals surface area contributed by atoms with E-state index < -0.39 is 0 Å². The number of piperidine rings is 1. The highest BCUT2D eigenvalue weighted by Gasteiger charge is 2.38. The zero-order valence-corrected chi connectivity index (χ0v) is 10.7. The average Bonchev–Trinajstić information content (AvgIpc) is 2.95. The Morgan fingerprint density at radius 3 is 3.18 bits per heavy atom. The molecule has 2 saturated heterocycles. The minimum atomic E-state index is 0.121. The minimum absolute atomic E-state index is 0.121. The maximum absolute atomic E-state index is 12.5. The van der Waals surface area contributed by atoms with Gasteiger partial charge in [-0.3, -0.25) is 4.79 Å². The quantitative estimate of drug-likeness (QED) is 0.798. The van der Waals surface area contributed by atoms with Crippen LogP contribution in [0.25, 0.3) is 0 Å². The topological polar surface area (TPSA) is 58.1 Å². The molecule has 2 fully saturated rings. The summed E-state index contributed by atoms with van der Waals surface area (Å²) in [6.07, 6.45) is 2.35. The van der Waals surface area contributed by atoms with Gasteiger partial charge >= 0.3 is 0 Å². The van der Waals surface area contributed by atoms with E-state index in [0.29, 0.717) is 16.8 Å². The molecule has 0 radical (unpaired) electrons. The van der Waals surface area contributed by atoms with Crippen LogP contribution in [0.5, 0.6) is 0 Å². The van der Waals surface area contributed by atoms with Crippen molar-refractivity contribution in [2.24, 2.45) is 5.92 Å². The van der Waals surface area contributed by atoms with Crippen molar-refractivity contribution in [3.63, 3.8) is 0 Å². The lowest BCUT2D eigenvalue weighted by Gasteiger charge is -2.36. The van der Waals surface area contributed by atoms with E-state index in [9.17, 15) is 4.79 Å². The van der Waals surface area contributed by atoms with Gasteiger partial charge in [-0.2, -0.15) is 0 Å². The summed E-state index contributed by atoms with van der Waals surface area (Å²) in [5.41, 5.74) is 0.757. The van der Waals surface area contributed by atoms with Gasteiger partial charge in [0, 0.05) is 25.7 Å². The zero-order chi connectivity index (χ0) is 11.8. The lowest BCUT2D eigenvalue weighted by Crippen LogP contribution is -2.48. The molecule has 2 aliphatic heterocycles. The Balaban J connectivity index is 1.83. The van der Waals surface area contributed by atoms with E-state index in [-0.39, 0.29) is 5.91 Å². The van der Waals surface area contributed by atoms with Gasteiger partial charge in [-0.1, -0.05) is 4.49 Å². The first-order valence-corrected chi connectivity index (χ1v) is 6.85. The molecule has 1 amide bonds. The highest BCUT2D eigenvalue weighted by molar-refractivity contribution is 7.07. The summed E-state index contributed by atoms with van der Waals surface area (Å²) in [4.78, 5) is 15.2. The van der Waals surface area contributed by atoms with E-state index in [2.05, 4.69) is 14.9 Å². The zero-order valence-electron chi connectivity index (χ0n) is 9.85. The van der Waals surface area contributed by atoms with Crippen molar-refractivity contribution in [2.45, 2.75) is 25.8 Å². The SMILES string of the molecule is Cc1nnsc1C(=O)N1CCCC2CNCC21. The van der Waals surface area contributed by atoms with Crippen LogP contribution in [0, 0.1) is 12.8 Å². The lowest BCUT2D eigenvalue weighted by molar-refractivity contribution is 0.0579. The maximum atomic E-state index is 12.5. The third-order valence-electron chi connectivity index (χ3n) is 3.79. The van der Waals surface area contributed by atoms with Crippen LogP contribution in [0.3, 0.4) is 0 Å². The van der Waals surface area contributed by atoms with Gasteiger partial charge in [0.1, 0.15) is 4.88 Å². The first kappa shape index (κ1) is 11.1. The van der Waals surface area contributed by atoms with E-state index in [1.165, 1.54) is 18.0 Å². The Morgan fingerprint density at radius 2 is 2.41 bits per heavy atom. The van der Waals surface area contributed by atoms with Gasteiger partial charge in [-0.15, -0.1) is 5.10 Å². The molecule has 5 nitrogen and oxygen atoms in total. The number of nitrogens with zero attached hydrogens (tertiary/aromatic N) is 3. The molecule has 6 heteroatoms. The van der Waals surface area contributed by atoms with E-state index >= 15 is 0 Å². The molecule has 3 rings (SSSR count). The largest absolute Gasteiger partial charge is 0.333 e. The highest BCUT2D eigenvalue weighted by atomic mass is 32.1. The van der Waals surface area contributed by atoms with Crippen LogP contribution in [0.2, 0.25) is 0 Å². The number of likely N-dealkylation sites (tertiary alicyclic amines) is 1. The Labute approximate surface area is 104 Å². The van der Waals surface area contributed by atoms with Crippen molar-refractivity contribution >= 4 is 17.4 Å². The van der Waals surface area contributed by atoms with Crippen LogP contribution in [0.15, 0.2) is 0 Å². The summed E-state index contributed by atoms with van der Waals surface area (Å²) >= 11 is 1.21. The minimum Gasteiger partial charge on any atom is -0.333 e. The predicted molar refractivity (Wildman–Crippen MR) is 65.1 cm³/mol. The molecule has 17 heavy (non-hydrogen) atoms. The van der Waals surface area contributed by atoms with Gasteiger partial charge in [0.15, 0.2) is 0 Å². The summed E-state index contributed by atoms with van der Waals surface area (Å²) in [6, 6.07) is 0.373. The normalized spacial score (nSPS) is 28.2. The first-order chi connectivity index (χ1) is 8.27. The number of rotatable bonds is 1. The number of aromatic nitrogens is 2. The number of amides is 1. The van der Waals surface area contributed by atoms with Crippen molar-refractivity contribution in [3.8, 4) is 0 Å². The average molecular weight is 252 g/mol. The second-order valence-corrected chi connectivity index (χ2v) is 5.57. The summed E-state index contributed by atoms with van der Waals surface area (Å²) < 4.78 is 3.85. The maximum Gasteiger partial charge on any atom is 0.267 e. The smallest absolute Gasteiger partial charge is 0.267 e. The molecular weight excluding hydrogens is 236 g/mol. The van der Waals surface area contributed by atoms with E-state index in [1.54, 1.807) is 0 Å². The number of aryl methyl sites for hydroxylation is 1. The fraction of sp³-hybridized carbons (Fsp3) is 0.727. The Bertz CT molecular complexity index is 433. The standard InChI is InChI=1S/C11H16N4OS/c1-7-10(17-14-13-7)11(16)15-4-2-3-8-5-12-6-9(8)15/h8-9,12H,2-6H2,1H3. The first-order valence-electron chi connectivity index (χ1n) is 6.08. The summed E-state index contributed by atoms with van der Waals surface area (Å²) in [7, 11) is 0. The van der Waals surface area contributed by atoms with Crippen LogP contribution >= 0.6 is 11.5 Å². The van der Waals surface area contributed by atoms with E-state index in [0.717, 1.165) is 31.7 Å². The summed E-state index contributed by atoms with van der Waals surface area (Å²) in [6.45, 7) is 4.71. The molecule has 1 N–H and O–H groups in total. The molecule has 2 unspecified atom stereocenters. The molecule has 0 aromatic carbocycles. The molecule has 1 aromatic heterocycles. The van der Waals surface area contributed by atoms with Crippen LogP contribution < -0.4 is 5.32 Å². The van der Waals surface area contributed by atoms with E-state index in [1.807, 2.05) is 11.8 Å². The number of nitrogens with one attached hydrogen (secondary N) is 1. The molecule has 92 valence electrons. The number of hydrogen-bond acceptors (Lipinski definition) is 5. The second-order valence-electron chi connectivity index (χ2n) is 4.81. The van der Waals surface area contributed by atoms with Crippen LogP contribution in [-0.2, 0) is 0 Å². The van der Waals surface area contributed by atoms with Crippen molar-refractivity contribution in [1.29, 1.82) is 0 Å². The second kappa shape index (κ2) is 4.34. The van der Waals surface area contributed by atoms with Gasteiger partial charge in [0.25, 0.3) is 5.91 Å². The van der Waals surface area contributed by atoms with Crippen LogP contribution in [0.1, 0.15) is 28.2 Å². The van der Waals surface area contributed by atoms with Crippen molar-refractivity contribution in [3.05, 3.63) is 10.6 Å². The van der Waals surface area contributed by atoms with Gasteiger partial charge in [-0.25, -0.2) is 0 Å². The molecule has 0 bridgehead atoms. The Morgan fingerprint density at radius 1 is 1.53 bits per heavy atom. The summed E-state index contributed by atoms with van der Waals surface area (Å²) in [5, 5.41) is 7.31. The van der Waals surface area contributed by atoms with Crippen LogP contribution in [0.4, 0.5) is 0 Å². The number of fused-ring (bicyclic) bond motifs is 1. The molecule has 0 aliphatic carbocycles. The third-order valence-corrected chi connectivity index (χ3v) is 4.60. The van der Waals surface area contributed by atoms with E-state index in [4.69, 9.17) is 0 Å². The van der Waals surface area contributed by atoms with Crippen molar-refractivity contribution < 1.29 is 4.79 Å². The monoisotopic (exact) mass is 252 g/mol. The highest BCUT2D eigenvalue weighted by Crippen LogP contribution is 2.28. The van der Waals surface area contributed by atoms with Crippen molar-refractivity contribution in [1.82, 2.24) is 19.8 Å². The molecule has 3 heterocycles. The Kier molecular flexibility index (Phi) is 2.84. The molecule has 1 aromatic rings. The number of hydrogen-bond donors (Lipinski definition) is 1. The van der Waals surface area contributed by atoms with Gasteiger partial charge in [-0.05, 0) is 37.2 Å². The third kappa shape index (κ3) is 1.85. The van der Waals surface area contributed by atoms with Gasteiger partial charge < -0.3 is 10.2 Å². The molecule has 0 saturated carbocycles. The van der Waals surface area contributed by atoms with Gasteiger partial charge in [0.05, 0.1) is 5.69 Å². The number of carbonyl (C=O) groups is 1. The fourth-order valence-electron chi connectivity index (χ4n) is 2.88. The lowest BCUT2D eigenvalue weighted by atomic mass is 9.92. The Hall–Kier alpha value is -1.01. The number of carbonyl (C=O) groups excluding carboxylic acids is 1. The van der Waals surface area contributed by atoms with Crippen LogP contribution in [-0.4, -0.2) is 46.1 Å². The fourth-order valence-corrected chi connectivity index (χ4v) is 3.49.